The number of nitrogens with one attached hydrogen (secondary N) is 1. The summed E-state index contributed by atoms with van der Waals surface area (Å²) in [5.41, 5.74) is 0. The minimum absolute atomic E-state index is 0.0682. The molecule has 1 fully saturated rings. The molecule has 0 aliphatic carbocycles. The molecule has 1 aliphatic rings. The number of carbonyl (C=O) groups is 2. The van der Waals surface area contributed by atoms with Crippen molar-refractivity contribution in [2.24, 2.45) is 5.92 Å². The van der Waals surface area contributed by atoms with Crippen molar-refractivity contribution in [1.29, 1.82) is 0 Å². The molecule has 1 saturated heterocycles. The third-order valence-corrected chi connectivity index (χ3v) is 2.37. The fourth-order valence-corrected chi connectivity index (χ4v) is 1.58. The number of piperidine rings is 1. The van der Waals surface area contributed by atoms with Crippen LogP contribution in [0.5, 0.6) is 0 Å². The van der Waals surface area contributed by atoms with Gasteiger partial charge in [-0.05, 0) is 19.4 Å². The Balaban J connectivity index is 2.40. The molecule has 0 aromatic heterocycles. The number of amides is 1. The fraction of sp³-hybridized carbons (Fsp3) is 0.778. The van der Waals surface area contributed by atoms with Gasteiger partial charge in [-0.25, -0.2) is 0 Å². The predicted octanol–water partition coefficient (Wildman–Crippen LogP) is -0.357. The summed E-state index contributed by atoms with van der Waals surface area (Å²) in [7, 11) is 1.67. The second-order valence-corrected chi connectivity index (χ2v) is 3.43. The first kappa shape index (κ1) is 10.2. The summed E-state index contributed by atoms with van der Waals surface area (Å²) in [5.74, 6) is 0.151. The van der Waals surface area contributed by atoms with Crippen LogP contribution in [0.2, 0.25) is 0 Å². The molecule has 1 aliphatic heterocycles. The van der Waals surface area contributed by atoms with Gasteiger partial charge in [0.05, 0.1) is 12.5 Å². The molecule has 0 spiro atoms. The van der Waals surface area contributed by atoms with E-state index >= 15 is 0 Å². The summed E-state index contributed by atoms with van der Waals surface area (Å²) in [5, 5.41) is 3.18. The van der Waals surface area contributed by atoms with E-state index in [-0.39, 0.29) is 18.4 Å². The van der Waals surface area contributed by atoms with E-state index in [0.29, 0.717) is 0 Å². The quantitative estimate of drug-likeness (QED) is 0.610. The SMILES string of the molecule is CN(CC=O)C(=O)C1CCCNC1. The lowest BCUT2D eigenvalue weighted by molar-refractivity contribution is -0.136. The summed E-state index contributed by atoms with van der Waals surface area (Å²) >= 11 is 0. The highest BCUT2D eigenvalue weighted by molar-refractivity contribution is 5.80. The molecule has 4 heteroatoms. The molecule has 74 valence electrons. The van der Waals surface area contributed by atoms with Crippen molar-refractivity contribution in [2.75, 3.05) is 26.7 Å². The lowest BCUT2D eigenvalue weighted by Crippen LogP contribution is -2.41. The Bertz CT molecular complexity index is 188. The van der Waals surface area contributed by atoms with Crippen LogP contribution < -0.4 is 5.32 Å². The van der Waals surface area contributed by atoms with Gasteiger partial charge >= 0.3 is 0 Å². The van der Waals surface area contributed by atoms with Gasteiger partial charge in [0.25, 0.3) is 0 Å². The minimum atomic E-state index is 0.0682. The highest BCUT2D eigenvalue weighted by atomic mass is 16.2. The largest absolute Gasteiger partial charge is 0.338 e. The molecular weight excluding hydrogens is 168 g/mol. The standard InChI is InChI=1S/C9H16N2O2/c1-11(5-6-12)9(13)8-3-2-4-10-7-8/h6,8,10H,2-5,7H2,1H3. The van der Waals surface area contributed by atoms with Gasteiger partial charge in [0.15, 0.2) is 0 Å². The van der Waals surface area contributed by atoms with Crippen molar-refractivity contribution in [3.63, 3.8) is 0 Å². The molecule has 4 nitrogen and oxygen atoms in total. The van der Waals surface area contributed by atoms with E-state index in [1.165, 1.54) is 4.90 Å². The van der Waals surface area contributed by atoms with E-state index < -0.39 is 0 Å². The molecule has 1 atom stereocenters. The summed E-state index contributed by atoms with van der Waals surface area (Å²) in [6, 6.07) is 0. The van der Waals surface area contributed by atoms with Gasteiger partial charge in [-0.2, -0.15) is 0 Å². The van der Waals surface area contributed by atoms with Crippen LogP contribution in [-0.4, -0.2) is 43.8 Å². The van der Waals surface area contributed by atoms with Crippen molar-refractivity contribution >= 4 is 12.2 Å². The minimum Gasteiger partial charge on any atom is -0.338 e. The molecule has 0 aromatic rings. The second kappa shape index (κ2) is 4.97. The third-order valence-electron chi connectivity index (χ3n) is 2.37. The molecule has 0 bridgehead atoms. The van der Waals surface area contributed by atoms with Crippen molar-refractivity contribution in [3.05, 3.63) is 0 Å². The first-order valence-corrected chi connectivity index (χ1v) is 4.65. The second-order valence-electron chi connectivity index (χ2n) is 3.43. The van der Waals surface area contributed by atoms with Crippen molar-refractivity contribution < 1.29 is 9.59 Å². The molecule has 1 unspecified atom stereocenters. The highest BCUT2D eigenvalue weighted by Crippen LogP contribution is 2.11. The van der Waals surface area contributed by atoms with E-state index in [9.17, 15) is 9.59 Å². The van der Waals surface area contributed by atoms with Crippen LogP contribution in [0.25, 0.3) is 0 Å². The van der Waals surface area contributed by atoms with Gasteiger partial charge in [0.1, 0.15) is 6.29 Å². The molecule has 0 saturated carbocycles. The maximum Gasteiger partial charge on any atom is 0.227 e. The number of carbonyl (C=O) groups excluding carboxylic acids is 2. The van der Waals surface area contributed by atoms with E-state index in [2.05, 4.69) is 5.32 Å². The molecule has 1 rings (SSSR count). The lowest BCUT2D eigenvalue weighted by atomic mass is 9.98. The van der Waals surface area contributed by atoms with Crippen LogP contribution in [0.1, 0.15) is 12.8 Å². The average Bonchev–Trinajstić information content (AvgIpc) is 2.18. The Morgan fingerprint density at radius 1 is 1.69 bits per heavy atom. The van der Waals surface area contributed by atoms with E-state index in [0.717, 1.165) is 32.2 Å². The molecule has 0 radical (unpaired) electrons. The smallest absolute Gasteiger partial charge is 0.227 e. The zero-order valence-corrected chi connectivity index (χ0v) is 7.95. The highest BCUT2D eigenvalue weighted by Gasteiger charge is 2.23. The Kier molecular flexibility index (Phi) is 3.89. The lowest BCUT2D eigenvalue weighted by Gasteiger charge is -2.25. The predicted molar refractivity (Wildman–Crippen MR) is 49.3 cm³/mol. The molecule has 1 N–H and O–H groups in total. The Labute approximate surface area is 78.3 Å². The topological polar surface area (TPSA) is 49.4 Å². The summed E-state index contributed by atoms with van der Waals surface area (Å²) < 4.78 is 0. The van der Waals surface area contributed by atoms with Crippen LogP contribution in [-0.2, 0) is 9.59 Å². The van der Waals surface area contributed by atoms with Crippen molar-refractivity contribution in [2.45, 2.75) is 12.8 Å². The van der Waals surface area contributed by atoms with Gasteiger partial charge in [0, 0.05) is 13.6 Å². The van der Waals surface area contributed by atoms with Crippen molar-refractivity contribution in [3.8, 4) is 0 Å². The molecule has 13 heavy (non-hydrogen) atoms. The Morgan fingerprint density at radius 2 is 2.46 bits per heavy atom. The number of likely N-dealkylation sites (N-methyl/N-ethyl adjacent to an activating group) is 1. The zero-order chi connectivity index (χ0) is 9.68. The van der Waals surface area contributed by atoms with Crippen LogP contribution in [0, 0.1) is 5.92 Å². The fourth-order valence-electron chi connectivity index (χ4n) is 1.58. The first-order valence-electron chi connectivity index (χ1n) is 4.65. The number of nitrogens with zero attached hydrogens (tertiary/aromatic N) is 1. The first-order chi connectivity index (χ1) is 6.25. The Morgan fingerprint density at radius 3 is 3.00 bits per heavy atom. The maximum absolute atomic E-state index is 11.6. The third kappa shape index (κ3) is 2.81. The van der Waals surface area contributed by atoms with Gasteiger partial charge in [-0.3, -0.25) is 4.79 Å². The average molecular weight is 184 g/mol. The summed E-state index contributed by atoms with van der Waals surface area (Å²) in [6.45, 7) is 1.96. The number of hydrogen-bond acceptors (Lipinski definition) is 3. The number of rotatable bonds is 3. The maximum atomic E-state index is 11.6. The van der Waals surface area contributed by atoms with E-state index in [1.807, 2.05) is 0 Å². The van der Waals surface area contributed by atoms with E-state index in [4.69, 9.17) is 0 Å². The van der Waals surface area contributed by atoms with Crippen LogP contribution in [0.4, 0.5) is 0 Å². The van der Waals surface area contributed by atoms with Gasteiger partial charge in [-0.1, -0.05) is 0 Å². The summed E-state index contributed by atoms with van der Waals surface area (Å²) in [4.78, 5) is 23.3. The molecule has 1 amide bonds. The monoisotopic (exact) mass is 184 g/mol. The summed E-state index contributed by atoms with van der Waals surface area (Å²) in [6.07, 6.45) is 2.74. The molecule has 1 heterocycles. The Hall–Kier alpha value is -0.900. The normalized spacial score (nSPS) is 22.4. The van der Waals surface area contributed by atoms with E-state index in [1.54, 1.807) is 7.05 Å². The van der Waals surface area contributed by atoms with Crippen molar-refractivity contribution in [1.82, 2.24) is 10.2 Å². The van der Waals surface area contributed by atoms with Gasteiger partial charge in [0.2, 0.25) is 5.91 Å². The zero-order valence-electron chi connectivity index (χ0n) is 7.95. The van der Waals surface area contributed by atoms with Gasteiger partial charge < -0.3 is 15.0 Å². The number of hydrogen-bond donors (Lipinski definition) is 1. The molecule has 0 aromatic carbocycles. The van der Waals surface area contributed by atoms with Crippen LogP contribution in [0.3, 0.4) is 0 Å². The molecular formula is C9H16N2O2. The van der Waals surface area contributed by atoms with Crippen LogP contribution >= 0.6 is 0 Å². The van der Waals surface area contributed by atoms with Crippen LogP contribution in [0.15, 0.2) is 0 Å². The van der Waals surface area contributed by atoms with Gasteiger partial charge in [-0.15, -0.1) is 0 Å². The number of aldehydes is 1.